The summed E-state index contributed by atoms with van der Waals surface area (Å²) in [5.41, 5.74) is 23.7. The summed E-state index contributed by atoms with van der Waals surface area (Å²) in [6.45, 7) is 10.6. The fourth-order valence-electron chi connectivity index (χ4n) is 11.2. The van der Waals surface area contributed by atoms with Gasteiger partial charge in [0.15, 0.2) is 0 Å². The molecule has 0 bridgehead atoms. The Labute approximate surface area is 412 Å². The number of aromatic amines is 1. The van der Waals surface area contributed by atoms with Crippen molar-refractivity contribution in [3.8, 4) is 16.9 Å². The van der Waals surface area contributed by atoms with Crippen LogP contribution < -0.4 is 4.74 Å². The van der Waals surface area contributed by atoms with Crippen LogP contribution in [-0.2, 0) is 33.0 Å². The summed E-state index contributed by atoms with van der Waals surface area (Å²) in [6.07, 6.45) is 21.7. The fourth-order valence-corrected chi connectivity index (χ4v) is 11.2. The smallest absolute Gasteiger partial charge is 0.146 e. The molecule has 7 heteroatoms. The topological polar surface area (TPSA) is 79.4 Å². The third kappa shape index (κ3) is 6.87. The van der Waals surface area contributed by atoms with Gasteiger partial charge in [0.1, 0.15) is 28.9 Å². The van der Waals surface area contributed by atoms with E-state index in [1.807, 2.05) is 68.5 Å². The standard InChI is InChI=1S/C32H25N.C27H22N3O2.C2H6.W/c1-3-11-29-20(4-2)23-18-19-28-30(31(23)33-29)24-14-7-10-17-27(24)32(28)25-15-8-5-12-21(25)22-13-6-9-16-26(22)32;1-30(27(28)22-10-6-9-21-19-8-3-5-12-24(19)32-26(21)22)29-16-17-13-14-20-18-7-2-4-11-23(18)31-25(20)15-17;1-2;/h3-5,7-12,14-19,33H,2,6,13H2,1H3;2-15,18,23,28H,16H2,1H3;1-2H3;/q;-1;;/b11-3-;;;. The Hall–Kier alpha value is -6.98. The maximum atomic E-state index is 8.72. The maximum Gasteiger partial charge on any atom is 0.146 e. The van der Waals surface area contributed by atoms with Gasteiger partial charge in [-0.05, 0) is 96.1 Å². The van der Waals surface area contributed by atoms with Gasteiger partial charge in [0.2, 0.25) is 0 Å². The van der Waals surface area contributed by atoms with Crippen LogP contribution in [0.2, 0.25) is 0 Å². The molecule has 1 spiro atoms. The average molecular weight is 1060 g/mol. The molecule has 5 aliphatic rings. The van der Waals surface area contributed by atoms with Crippen molar-refractivity contribution < 1.29 is 30.2 Å². The van der Waals surface area contributed by atoms with Crippen LogP contribution in [0.4, 0.5) is 0 Å². The molecule has 8 aromatic rings. The Morgan fingerprint density at radius 3 is 2.43 bits per heavy atom. The van der Waals surface area contributed by atoms with Crippen molar-refractivity contribution in [3.63, 3.8) is 0 Å². The molecular weight excluding hydrogens is 1000 g/mol. The van der Waals surface area contributed by atoms with Gasteiger partial charge in [-0.15, -0.1) is 6.54 Å². The van der Waals surface area contributed by atoms with E-state index >= 15 is 0 Å². The Morgan fingerprint density at radius 2 is 1.60 bits per heavy atom. The van der Waals surface area contributed by atoms with Gasteiger partial charge in [0.05, 0.1) is 16.5 Å². The number of benzene rings is 6. The van der Waals surface area contributed by atoms with Crippen molar-refractivity contribution >= 4 is 56.4 Å². The Morgan fingerprint density at radius 1 is 0.853 bits per heavy atom. The van der Waals surface area contributed by atoms with Gasteiger partial charge in [-0.1, -0.05) is 172 Å². The third-order valence-corrected chi connectivity index (χ3v) is 14.1. The van der Waals surface area contributed by atoms with E-state index in [4.69, 9.17) is 14.6 Å². The summed E-state index contributed by atoms with van der Waals surface area (Å²) in [6, 6.07) is 42.9. The predicted octanol–water partition coefficient (Wildman–Crippen LogP) is 15.6. The van der Waals surface area contributed by atoms with E-state index in [2.05, 4.69) is 145 Å². The number of aromatic nitrogens is 1. The molecule has 6 aromatic carbocycles. The van der Waals surface area contributed by atoms with Crippen LogP contribution in [0.15, 0.2) is 180 Å². The van der Waals surface area contributed by atoms with Gasteiger partial charge in [0, 0.05) is 65.5 Å². The number of ether oxygens (including phenoxy) is 1. The van der Waals surface area contributed by atoms with Crippen molar-refractivity contribution in [2.75, 3.05) is 7.05 Å². The van der Waals surface area contributed by atoms with Crippen molar-refractivity contribution in [1.82, 2.24) is 9.99 Å². The summed E-state index contributed by atoms with van der Waals surface area (Å²) >= 11 is 0. The molecule has 13 rings (SSSR count). The second-order valence-corrected chi connectivity index (χ2v) is 17.4. The second kappa shape index (κ2) is 18.3. The second-order valence-electron chi connectivity index (χ2n) is 17.4. The average Bonchev–Trinajstić information content (AvgIpc) is 4.18. The van der Waals surface area contributed by atoms with Gasteiger partial charge < -0.3 is 24.6 Å². The molecule has 0 saturated heterocycles. The molecule has 3 atom stereocenters. The van der Waals surface area contributed by atoms with E-state index in [-0.39, 0.29) is 32.6 Å². The minimum absolute atomic E-state index is 0. The van der Waals surface area contributed by atoms with E-state index in [9.17, 15) is 0 Å². The fraction of sp³-hybridized carbons (Fsp3) is 0.164. The van der Waals surface area contributed by atoms with E-state index < -0.39 is 0 Å². The van der Waals surface area contributed by atoms with E-state index in [0.717, 1.165) is 57.4 Å². The van der Waals surface area contributed by atoms with E-state index in [0.29, 0.717) is 18.3 Å². The minimum atomic E-state index is -0.247. The molecular formula is C61H53N4O2W-. The molecule has 0 fully saturated rings. The number of para-hydroxylation sites is 2. The van der Waals surface area contributed by atoms with Gasteiger partial charge in [-0.25, -0.2) is 0 Å². The first-order chi connectivity index (χ1) is 33.0. The monoisotopic (exact) mass is 1060 g/mol. The van der Waals surface area contributed by atoms with E-state index in [1.54, 1.807) is 12.1 Å². The number of hydrogen-bond acceptors (Lipinski definition) is 3. The van der Waals surface area contributed by atoms with Crippen LogP contribution in [0.25, 0.3) is 67.1 Å². The zero-order valence-electron chi connectivity index (χ0n) is 38.8. The number of hydrogen-bond donors (Lipinski definition) is 2. The predicted molar refractivity (Wildman–Crippen MR) is 279 cm³/mol. The third-order valence-electron chi connectivity index (χ3n) is 14.1. The van der Waals surface area contributed by atoms with Crippen LogP contribution in [0.5, 0.6) is 5.75 Å². The zero-order chi connectivity index (χ0) is 45.8. The molecule has 0 radical (unpaired) electrons. The summed E-state index contributed by atoms with van der Waals surface area (Å²) in [4.78, 5) is 3.77. The van der Waals surface area contributed by atoms with Gasteiger partial charge in [0.25, 0.3) is 0 Å². The normalized spacial score (nSPS) is 18.5. The number of nitrogens with zero attached hydrogens (tertiary/aromatic N) is 2. The van der Waals surface area contributed by atoms with E-state index in [1.165, 1.54) is 66.6 Å². The Bertz CT molecular complexity index is 3470. The zero-order valence-corrected chi connectivity index (χ0v) is 41.8. The number of furan rings is 1. The molecule has 2 aromatic heterocycles. The Kier molecular flexibility index (Phi) is 12.0. The molecule has 1 aliphatic heterocycles. The first-order valence-corrected chi connectivity index (χ1v) is 23.6. The molecule has 3 unspecified atom stereocenters. The Balaban J connectivity index is 0.000000151. The number of amidine groups is 1. The van der Waals surface area contributed by atoms with Crippen LogP contribution in [0.1, 0.15) is 89.7 Å². The first-order valence-electron chi connectivity index (χ1n) is 23.6. The molecule has 3 heterocycles. The van der Waals surface area contributed by atoms with Crippen molar-refractivity contribution in [1.29, 1.82) is 5.41 Å². The largest absolute Gasteiger partial charge is 0.563 e. The van der Waals surface area contributed by atoms with Crippen molar-refractivity contribution in [2.45, 2.75) is 57.6 Å². The molecule has 0 saturated carbocycles. The number of rotatable bonds is 6. The van der Waals surface area contributed by atoms with Crippen LogP contribution in [0.3, 0.4) is 0 Å². The molecule has 4 aliphatic carbocycles. The van der Waals surface area contributed by atoms with Crippen LogP contribution >= 0.6 is 0 Å². The van der Waals surface area contributed by atoms with Crippen LogP contribution in [0, 0.1) is 5.41 Å². The quantitative estimate of drug-likeness (QED) is 0.0989. The molecule has 6 nitrogen and oxygen atoms in total. The molecule has 2 N–H and O–H groups in total. The molecule has 68 heavy (non-hydrogen) atoms. The number of nitrogens with one attached hydrogen (secondary N) is 2. The number of allylic oxidation sites excluding steroid dienone is 7. The number of fused-ring (bicyclic) bond motifs is 17. The summed E-state index contributed by atoms with van der Waals surface area (Å²) in [7, 11) is 1.80. The van der Waals surface area contributed by atoms with Crippen molar-refractivity contribution in [2.24, 2.45) is 0 Å². The minimum Gasteiger partial charge on any atom is -0.563 e. The maximum absolute atomic E-state index is 8.72. The first kappa shape index (κ1) is 44.8. The molecule has 336 valence electrons. The molecule has 0 amide bonds. The SMILES string of the molecule is C=Cc1c(/C=C\C)[nH]c2c3c(ccc12)C1(C2=C(CCC=C2)c2ccccc21)c1ccccc1-3.CC.CN([N-]Cc1ccc2c(c1)OC1C=CC=CC21)C(=N)c1cccc2c1oc1ccccc12.[W]. The van der Waals surface area contributed by atoms with Gasteiger partial charge in [-0.2, -0.15) is 0 Å². The van der Waals surface area contributed by atoms with Gasteiger partial charge in [-0.3, -0.25) is 5.41 Å². The van der Waals surface area contributed by atoms with Crippen LogP contribution in [-0.4, -0.2) is 29.0 Å². The summed E-state index contributed by atoms with van der Waals surface area (Å²) < 4.78 is 12.2. The van der Waals surface area contributed by atoms with Crippen molar-refractivity contribution in [3.05, 3.63) is 232 Å². The number of H-pyrrole nitrogens is 1. The summed E-state index contributed by atoms with van der Waals surface area (Å²) in [5.74, 6) is 1.52. The van der Waals surface area contributed by atoms with Gasteiger partial charge >= 0.3 is 0 Å². The summed E-state index contributed by atoms with van der Waals surface area (Å²) in [5, 5.41) is 13.6.